The van der Waals surface area contributed by atoms with Crippen LogP contribution < -0.4 is 14.5 Å². The molecule has 2 aromatic carbocycles. The quantitative estimate of drug-likeness (QED) is 0.236. The number of piperazine rings is 1. The van der Waals surface area contributed by atoms with E-state index < -0.39 is 12.0 Å². The van der Waals surface area contributed by atoms with Gasteiger partial charge in [0.25, 0.3) is 0 Å². The third-order valence-electron chi connectivity index (χ3n) is 8.38. The van der Waals surface area contributed by atoms with Gasteiger partial charge < -0.3 is 19.1 Å². The molecule has 7 nitrogen and oxygen atoms in total. The highest BCUT2D eigenvalue weighted by Gasteiger charge is 2.39. The average Bonchev–Trinajstić information content (AvgIpc) is 3.33. The number of ether oxygens (including phenoxy) is 1. The lowest BCUT2D eigenvalue weighted by Crippen LogP contribution is -2.60. The summed E-state index contributed by atoms with van der Waals surface area (Å²) in [6.45, 7) is 16.5. The Balaban J connectivity index is 1.58. The van der Waals surface area contributed by atoms with Gasteiger partial charge in [-0.15, -0.1) is 0 Å². The number of aromatic nitrogens is 4. The minimum absolute atomic E-state index is 0.0710. The molecule has 0 bridgehead atoms. The summed E-state index contributed by atoms with van der Waals surface area (Å²) in [5.74, 6) is 0.258. The molecule has 43 heavy (non-hydrogen) atoms. The summed E-state index contributed by atoms with van der Waals surface area (Å²) >= 11 is 0. The first-order chi connectivity index (χ1) is 20.1. The monoisotopic (exact) mass is 594 g/mol. The lowest BCUT2D eigenvalue weighted by atomic mass is 9.84. The minimum atomic E-state index is -4.61. The molecule has 4 aromatic rings. The largest absolute Gasteiger partial charge is 0.497 e. The Bertz CT molecular complexity index is 1620. The number of anilines is 2. The Morgan fingerprint density at radius 1 is 0.953 bits per heavy atom. The fourth-order valence-corrected chi connectivity index (χ4v) is 5.96. The van der Waals surface area contributed by atoms with Crippen molar-refractivity contribution in [3.05, 3.63) is 70.7 Å². The first-order valence-electron chi connectivity index (χ1n) is 14.7. The van der Waals surface area contributed by atoms with Gasteiger partial charge in [-0.3, -0.25) is 0 Å². The van der Waals surface area contributed by atoms with E-state index >= 15 is 0 Å². The van der Waals surface area contributed by atoms with E-state index in [1.54, 1.807) is 14.0 Å². The molecule has 10 heteroatoms. The molecule has 1 aliphatic rings. The molecule has 0 atom stereocenters. The second kappa shape index (κ2) is 11.0. The number of imidazole rings is 1. The summed E-state index contributed by atoms with van der Waals surface area (Å²) in [6.07, 6.45) is -4.23. The van der Waals surface area contributed by atoms with Gasteiger partial charge in [0.1, 0.15) is 11.3 Å². The van der Waals surface area contributed by atoms with Crippen molar-refractivity contribution in [1.29, 1.82) is 0 Å². The standard InChI is InChI=1S/C33H41F3N6O/c1-9-41-27-26(19-22-18-23(31(3,4)5)11-10-21(22)2)37-30(39-28(27)38-29(41)33(34,35)36)40-16-17-42(32(6,7)20-40)24-12-14-25(43-8)15-13-24/h10-15,18H,9,16-17,19-20H2,1-8H3. The molecule has 230 valence electrons. The van der Waals surface area contributed by atoms with Crippen LogP contribution in [0.1, 0.15) is 69.8 Å². The zero-order valence-corrected chi connectivity index (χ0v) is 26.3. The van der Waals surface area contributed by atoms with Crippen LogP contribution in [0.4, 0.5) is 24.8 Å². The van der Waals surface area contributed by atoms with Crippen LogP contribution in [0.15, 0.2) is 42.5 Å². The maximum atomic E-state index is 14.1. The second-order valence-electron chi connectivity index (χ2n) is 13.0. The highest BCUT2D eigenvalue weighted by atomic mass is 19.4. The molecule has 1 fully saturated rings. The molecular formula is C33H41F3N6O. The minimum Gasteiger partial charge on any atom is -0.497 e. The average molecular weight is 595 g/mol. The van der Waals surface area contributed by atoms with Gasteiger partial charge in [0, 0.05) is 38.3 Å². The fourth-order valence-electron chi connectivity index (χ4n) is 5.96. The molecule has 0 spiro atoms. The zero-order valence-electron chi connectivity index (χ0n) is 26.3. The van der Waals surface area contributed by atoms with E-state index in [1.807, 2.05) is 31.2 Å². The molecule has 5 rings (SSSR count). The maximum Gasteiger partial charge on any atom is 0.449 e. The number of aryl methyl sites for hydroxylation is 2. The number of alkyl halides is 3. The number of halogens is 3. The molecule has 3 heterocycles. The summed E-state index contributed by atoms with van der Waals surface area (Å²) < 4.78 is 48.9. The van der Waals surface area contributed by atoms with E-state index in [9.17, 15) is 13.2 Å². The van der Waals surface area contributed by atoms with Crippen LogP contribution in [-0.4, -0.2) is 51.8 Å². The highest BCUT2D eigenvalue weighted by Crippen LogP contribution is 2.35. The third kappa shape index (κ3) is 6.01. The number of rotatable bonds is 6. The lowest BCUT2D eigenvalue weighted by Gasteiger charge is -2.48. The Morgan fingerprint density at radius 2 is 1.65 bits per heavy atom. The maximum absolute atomic E-state index is 14.1. The lowest BCUT2D eigenvalue weighted by molar-refractivity contribution is -0.146. The van der Waals surface area contributed by atoms with Gasteiger partial charge in [-0.05, 0) is 74.1 Å². The molecule has 0 unspecified atom stereocenters. The summed E-state index contributed by atoms with van der Waals surface area (Å²) in [5, 5.41) is 0. The molecule has 0 aliphatic carbocycles. The summed E-state index contributed by atoms with van der Waals surface area (Å²) in [6, 6.07) is 14.3. The van der Waals surface area contributed by atoms with Crippen molar-refractivity contribution in [3.63, 3.8) is 0 Å². The predicted octanol–water partition coefficient (Wildman–Crippen LogP) is 7.18. The predicted molar refractivity (Wildman–Crippen MR) is 165 cm³/mol. The smallest absolute Gasteiger partial charge is 0.449 e. The van der Waals surface area contributed by atoms with Crippen LogP contribution in [-0.2, 0) is 24.6 Å². The van der Waals surface area contributed by atoms with Gasteiger partial charge in [-0.25, -0.2) is 9.97 Å². The first-order valence-corrected chi connectivity index (χ1v) is 14.7. The van der Waals surface area contributed by atoms with E-state index in [-0.39, 0.29) is 23.1 Å². The van der Waals surface area contributed by atoms with E-state index in [4.69, 9.17) is 9.72 Å². The van der Waals surface area contributed by atoms with Crippen molar-refractivity contribution in [2.75, 3.05) is 36.5 Å². The van der Waals surface area contributed by atoms with Crippen LogP contribution in [0.2, 0.25) is 0 Å². The van der Waals surface area contributed by atoms with E-state index in [1.165, 1.54) is 4.57 Å². The van der Waals surface area contributed by atoms with E-state index in [2.05, 4.69) is 72.6 Å². The van der Waals surface area contributed by atoms with Crippen molar-refractivity contribution in [1.82, 2.24) is 19.5 Å². The third-order valence-corrected chi connectivity index (χ3v) is 8.38. The number of fused-ring (bicyclic) bond motifs is 1. The number of methoxy groups -OCH3 is 1. The molecular weight excluding hydrogens is 553 g/mol. The Hall–Kier alpha value is -3.82. The SMILES string of the molecule is CCn1c(C(F)(F)F)nc2nc(N3CCN(c4ccc(OC)cc4)C(C)(C)C3)nc(Cc3cc(C(C)(C)C)ccc3C)c21. The second-order valence-corrected chi connectivity index (χ2v) is 13.0. The first kappa shape index (κ1) is 30.6. The Kier molecular flexibility index (Phi) is 7.86. The fraction of sp³-hybridized carbons (Fsp3) is 0.485. The summed E-state index contributed by atoms with van der Waals surface area (Å²) in [5.41, 5.74) is 4.93. The van der Waals surface area contributed by atoms with Gasteiger partial charge in [0.05, 0.1) is 18.3 Å². The van der Waals surface area contributed by atoms with Crippen molar-refractivity contribution < 1.29 is 17.9 Å². The number of hydrogen-bond acceptors (Lipinski definition) is 6. The zero-order chi connectivity index (χ0) is 31.3. The van der Waals surface area contributed by atoms with Crippen LogP contribution >= 0.6 is 0 Å². The van der Waals surface area contributed by atoms with Crippen LogP contribution in [0.3, 0.4) is 0 Å². The van der Waals surface area contributed by atoms with Gasteiger partial charge in [0.15, 0.2) is 5.65 Å². The van der Waals surface area contributed by atoms with E-state index in [0.29, 0.717) is 43.2 Å². The molecule has 0 saturated carbocycles. The summed E-state index contributed by atoms with van der Waals surface area (Å²) in [4.78, 5) is 18.1. The normalized spacial score (nSPS) is 15.8. The molecule has 0 radical (unpaired) electrons. The van der Waals surface area contributed by atoms with Crippen LogP contribution in [0, 0.1) is 6.92 Å². The van der Waals surface area contributed by atoms with Crippen molar-refractivity contribution in [2.24, 2.45) is 0 Å². The van der Waals surface area contributed by atoms with Crippen molar-refractivity contribution in [2.45, 2.75) is 78.6 Å². The molecule has 1 saturated heterocycles. The highest BCUT2D eigenvalue weighted by molar-refractivity contribution is 5.77. The van der Waals surface area contributed by atoms with Crippen LogP contribution in [0.5, 0.6) is 5.75 Å². The summed E-state index contributed by atoms with van der Waals surface area (Å²) in [7, 11) is 1.65. The van der Waals surface area contributed by atoms with Crippen molar-refractivity contribution >= 4 is 22.8 Å². The Labute approximate surface area is 251 Å². The molecule has 2 aromatic heterocycles. The molecule has 0 N–H and O–H groups in total. The van der Waals surface area contributed by atoms with Gasteiger partial charge >= 0.3 is 6.18 Å². The van der Waals surface area contributed by atoms with E-state index in [0.717, 1.165) is 28.1 Å². The van der Waals surface area contributed by atoms with Gasteiger partial charge in [-0.2, -0.15) is 18.2 Å². The number of nitrogens with zero attached hydrogens (tertiary/aromatic N) is 6. The Morgan fingerprint density at radius 3 is 2.23 bits per heavy atom. The number of benzene rings is 2. The van der Waals surface area contributed by atoms with Crippen molar-refractivity contribution in [3.8, 4) is 5.75 Å². The van der Waals surface area contributed by atoms with Crippen LogP contribution in [0.25, 0.3) is 11.2 Å². The molecule has 1 aliphatic heterocycles. The number of hydrogen-bond donors (Lipinski definition) is 0. The topological polar surface area (TPSA) is 59.3 Å². The van der Waals surface area contributed by atoms with Gasteiger partial charge in [0.2, 0.25) is 11.8 Å². The van der Waals surface area contributed by atoms with Gasteiger partial charge in [-0.1, -0.05) is 39.0 Å². The molecule has 0 amide bonds.